The number of carbonyl (C=O) groups is 2. The maximum Gasteiger partial charge on any atom is 0.341 e. The average molecular weight is 425 g/mol. The van der Waals surface area contributed by atoms with E-state index in [0.717, 1.165) is 29.7 Å². The number of benzene rings is 1. The molecule has 1 aromatic heterocycles. The first-order chi connectivity index (χ1) is 14.5. The third-order valence-electron chi connectivity index (χ3n) is 5.05. The Labute approximate surface area is 180 Å². The Morgan fingerprint density at radius 3 is 2.70 bits per heavy atom. The molecule has 0 bridgehead atoms. The van der Waals surface area contributed by atoms with E-state index in [1.165, 1.54) is 17.4 Å². The summed E-state index contributed by atoms with van der Waals surface area (Å²) in [4.78, 5) is 26.6. The second-order valence-electron chi connectivity index (χ2n) is 7.05. The summed E-state index contributed by atoms with van der Waals surface area (Å²) in [6.07, 6.45) is 4.42. The lowest BCUT2D eigenvalue weighted by Gasteiger charge is -2.19. The number of hydrogen-bond donors (Lipinski definition) is 1. The van der Waals surface area contributed by atoms with Crippen molar-refractivity contribution in [1.29, 1.82) is 5.26 Å². The zero-order valence-corrected chi connectivity index (χ0v) is 18.1. The lowest BCUT2D eigenvalue weighted by molar-refractivity contribution is -0.112. The second-order valence-corrected chi connectivity index (χ2v) is 8.16. The number of nitrogens with zero attached hydrogens (tertiary/aromatic N) is 1. The van der Waals surface area contributed by atoms with Gasteiger partial charge < -0.3 is 14.8 Å². The molecule has 1 unspecified atom stereocenters. The minimum Gasteiger partial charge on any atom is -0.497 e. The van der Waals surface area contributed by atoms with Gasteiger partial charge in [-0.2, -0.15) is 5.26 Å². The van der Waals surface area contributed by atoms with E-state index in [1.807, 2.05) is 6.07 Å². The van der Waals surface area contributed by atoms with Gasteiger partial charge in [-0.1, -0.05) is 19.1 Å². The van der Waals surface area contributed by atoms with Crippen molar-refractivity contribution in [2.75, 3.05) is 19.0 Å². The Morgan fingerprint density at radius 2 is 2.07 bits per heavy atom. The Bertz CT molecular complexity index is 1020. The molecule has 1 atom stereocenters. The third-order valence-corrected chi connectivity index (χ3v) is 6.24. The molecule has 30 heavy (non-hydrogen) atoms. The Hall–Kier alpha value is -3.11. The molecule has 1 N–H and O–H groups in total. The summed E-state index contributed by atoms with van der Waals surface area (Å²) < 4.78 is 10.4. The van der Waals surface area contributed by atoms with Gasteiger partial charge in [0.25, 0.3) is 5.91 Å². The molecule has 0 saturated carbocycles. The van der Waals surface area contributed by atoms with Crippen LogP contribution < -0.4 is 10.1 Å². The molecule has 0 aliphatic heterocycles. The first-order valence-corrected chi connectivity index (χ1v) is 10.7. The number of esters is 1. The summed E-state index contributed by atoms with van der Waals surface area (Å²) in [5.41, 5.74) is 2.05. The van der Waals surface area contributed by atoms with Crippen LogP contribution >= 0.6 is 11.3 Å². The van der Waals surface area contributed by atoms with Crippen LogP contribution in [0.15, 0.2) is 29.8 Å². The number of aryl methyl sites for hydroxylation is 1. The van der Waals surface area contributed by atoms with Gasteiger partial charge in [0.1, 0.15) is 22.4 Å². The fourth-order valence-electron chi connectivity index (χ4n) is 3.59. The van der Waals surface area contributed by atoms with Crippen molar-refractivity contribution in [2.24, 2.45) is 0 Å². The van der Waals surface area contributed by atoms with Crippen LogP contribution in [0.4, 0.5) is 5.00 Å². The van der Waals surface area contributed by atoms with E-state index in [1.54, 1.807) is 38.3 Å². The van der Waals surface area contributed by atoms with Crippen LogP contribution in [0, 0.1) is 11.3 Å². The number of thiophene rings is 1. The molecular formula is C23H24N2O4S. The molecule has 1 heterocycles. The summed E-state index contributed by atoms with van der Waals surface area (Å²) in [5, 5.41) is 12.7. The summed E-state index contributed by atoms with van der Waals surface area (Å²) in [5.74, 6) is -0.0744. The highest BCUT2D eigenvalue weighted by Gasteiger charge is 2.31. The van der Waals surface area contributed by atoms with Crippen molar-refractivity contribution in [3.8, 4) is 11.8 Å². The van der Waals surface area contributed by atoms with Gasteiger partial charge in [0, 0.05) is 4.88 Å². The standard InChI is InChI=1S/C23H24N2O4S/c1-4-29-23(27)20-19-14(2)6-5-7-18(19)30-22(20)25-21(26)16(13-24)12-15-8-10-17(28-3)11-9-15/h8-12,14H,4-7H2,1-3H3,(H,25,26). The minimum absolute atomic E-state index is 0.0469. The molecular weight excluding hydrogens is 400 g/mol. The minimum atomic E-state index is -0.551. The summed E-state index contributed by atoms with van der Waals surface area (Å²) in [6.45, 7) is 4.10. The highest BCUT2D eigenvalue weighted by Crippen LogP contribution is 2.43. The maximum absolute atomic E-state index is 12.8. The molecule has 156 valence electrons. The highest BCUT2D eigenvalue weighted by atomic mass is 32.1. The first-order valence-electron chi connectivity index (χ1n) is 9.88. The van der Waals surface area contributed by atoms with Crippen LogP contribution in [0.2, 0.25) is 0 Å². The molecule has 1 aromatic carbocycles. The first kappa shape index (κ1) is 21.6. The van der Waals surface area contributed by atoms with Gasteiger partial charge >= 0.3 is 5.97 Å². The van der Waals surface area contributed by atoms with E-state index in [2.05, 4.69) is 12.2 Å². The van der Waals surface area contributed by atoms with E-state index in [4.69, 9.17) is 9.47 Å². The van der Waals surface area contributed by atoms with Crippen LogP contribution in [0.1, 0.15) is 59.0 Å². The van der Waals surface area contributed by atoms with Gasteiger partial charge in [-0.3, -0.25) is 4.79 Å². The third kappa shape index (κ3) is 4.55. The summed E-state index contributed by atoms with van der Waals surface area (Å²) in [7, 11) is 1.57. The number of carbonyl (C=O) groups excluding carboxylic acids is 2. The number of anilines is 1. The van der Waals surface area contributed by atoms with Gasteiger partial charge in [-0.25, -0.2) is 4.79 Å². The smallest absolute Gasteiger partial charge is 0.341 e. The predicted molar refractivity (Wildman–Crippen MR) is 117 cm³/mol. The molecule has 0 spiro atoms. The van der Waals surface area contributed by atoms with Crippen molar-refractivity contribution in [2.45, 2.75) is 39.0 Å². The molecule has 0 saturated heterocycles. The fraction of sp³-hybridized carbons (Fsp3) is 0.348. The van der Waals surface area contributed by atoms with Crippen molar-refractivity contribution in [1.82, 2.24) is 0 Å². The zero-order valence-electron chi connectivity index (χ0n) is 17.3. The normalized spacial score (nSPS) is 15.7. The van der Waals surface area contributed by atoms with E-state index >= 15 is 0 Å². The monoisotopic (exact) mass is 424 g/mol. The SMILES string of the molecule is CCOC(=O)c1c(NC(=O)C(C#N)=Cc2ccc(OC)cc2)sc2c1C(C)CCC2. The van der Waals surface area contributed by atoms with E-state index in [-0.39, 0.29) is 18.1 Å². The fourth-order valence-corrected chi connectivity index (χ4v) is 4.94. The van der Waals surface area contributed by atoms with Crippen LogP contribution in [0.25, 0.3) is 6.08 Å². The van der Waals surface area contributed by atoms with E-state index in [9.17, 15) is 14.9 Å². The van der Waals surface area contributed by atoms with Crippen molar-refractivity contribution >= 4 is 34.3 Å². The van der Waals surface area contributed by atoms with Crippen LogP contribution in [0.3, 0.4) is 0 Å². The number of nitrogens with one attached hydrogen (secondary N) is 1. The van der Waals surface area contributed by atoms with Crippen LogP contribution in [-0.2, 0) is 16.0 Å². The number of ether oxygens (including phenoxy) is 2. The molecule has 3 rings (SSSR count). The number of nitriles is 1. The molecule has 1 aliphatic rings. The Kier molecular flexibility index (Phi) is 6.91. The Morgan fingerprint density at radius 1 is 1.33 bits per heavy atom. The number of amides is 1. The van der Waals surface area contributed by atoms with Crippen LogP contribution in [0.5, 0.6) is 5.75 Å². The molecule has 2 aromatic rings. The number of hydrogen-bond acceptors (Lipinski definition) is 6. The highest BCUT2D eigenvalue weighted by molar-refractivity contribution is 7.17. The zero-order chi connectivity index (χ0) is 21.7. The number of rotatable bonds is 6. The molecule has 1 aliphatic carbocycles. The van der Waals surface area contributed by atoms with Crippen molar-refractivity contribution in [3.63, 3.8) is 0 Å². The predicted octanol–water partition coefficient (Wildman–Crippen LogP) is 4.92. The molecule has 0 fully saturated rings. The largest absolute Gasteiger partial charge is 0.497 e. The quantitative estimate of drug-likeness (QED) is 0.404. The summed E-state index contributed by atoms with van der Waals surface area (Å²) in [6, 6.07) is 8.99. The van der Waals surface area contributed by atoms with Gasteiger partial charge in [-0.05, 0) is 61.4 Å². The molecule has 1 amide bonds. The van der Waals surface area contributed by atoms with Gasteiger partial charge in [0.2, 0.25) is 0 Å². The topological polar surface area (TPSA) is 88.4 Å². The Balaban J connectivity index is 1.92. The number of methoxy groups -OCH3 is 1. The van der Waals surface area contributed by atoms with Gasteiger partial charge in [-0.15, -0.1) is 11.3 Å². The second kappa shape index (κ2) is 9.59. The average Bonchev–Trinajstić information content (AvgIpc) is 3.11. The molecule has 7 heteroatoms. The summed E-state index contributed by atoms with van der Waals surface area (Å²) >= 11 is 1.40. The van der Waals surface area contributed by atoms with Gasteiger partial charge in [0.05, 0.1) is 19.3 Å². The molecule has 6 nitrogen and oxygen atoms in total. The maximum atomic E-state index is 12.8. The lowest BCUT2D eigenvalue weighted by Crippen LogP contribution is -2.17. The number of fused-ring (bicyclic) bond motifs is 1. The van der Waals surface area contributed by atoms with E-state index < -0.39 is 11.9 Å². The van der Waals surface area contributed by atoms with Gasteiger partial charge in [0.15, 0.2) is 0 Å². The van der Waals surface area contributed by atoms with Crippen LogP contribution in [-0.4, -0.2) is 25.6 Å². The van der Waals surface area contributed by atoms with E-state index in [0.29, 0.717) is 21.9 Å². The van der Waals surface area contributed by atoms with Crippen molar-refractivity contribution in [3.05, 3.63) is 51.4 Å². The molecule has 0 radical (unpaired) electrons. The lowest BCUT2D eigenvalue weighted by atomic mass is 9.86. The van der Waals surface area contributed by atoms with Crippen molar-refractivity contribution < 1.29 is 19.1 Å².